The minimum absolute atomic E-state index is 0.170. The molecule has 0 atom stereocenters. The molecule has 1 rings (SSSR count). The second-order valence-corrected chi connectivity index (χ2v) is 4.54. The van der Waals surface area contributed by atoms with E-state index in [1.807, 2.05) is 24.3 Å². The van der Waals surface area contributed by atoms with Crippen molar-refractivity contribution in [3.05, 3.63) is 34.3 Å². The second kappa shape index (κ2) is 6.77. The van der Waals surface area contributed by atoms with Gasteiger partial charge in [0.2, 0.25) is 0 Å². The number of benzene rings is 1. The summed E-state index contributed by atoms with van der Waals surface area (Å²) in [5.74, 6) is -1.43. The highest BCUT2D eigenvalue weighted by molar-refractivity contribution is 9.10. The van der Waals surface area contributed by atoms with Crippen LogP contribution in [0.2, 0.25) is 0 Å². The molecule has 0 spiro atoms. The average molecular weight is 310 g/mol. The molecule has 18 heavy (non-hydrogen) atoms. The molecule has 0 fully saturated rings. The zero-order valence-corrected chi connectivity index (χ0v) is 11.4. The molecule has 5 nitrogen and oxygen atoms in total. The Morgan fingerprint density at radius 2 is 2.00 bits per heavy atom. The highest BCUT2D eigenvalue weighted by Crippen LogP contribution is 2.11. The van der Waals surface area contributed by atoms with Crippen LogP contribution >= 0.6 is 15.9 Å². The van der Waals surface area contributed by atoms with Gasteiger partial charge in [-0.15, -0.1) is 0 Å². The molecule has 6 heteroatoms. The lowest BCUT2D eigenvalue weighted by atomic mass is 10.2. The van der Waals surface area contributed by atoms with Gasteiger partial charge in [0.25, 0.3) is 0 Å². The molecule has 0 saturated carbocycles. The van der Waals surface area contributed by atoms with Gasteiger partial charge in [0.15, 0.2) is 0 Å². The molecule has 0 bridgehead atoms. The fourth-order valence-electron chi connectivity index (χ4n) is 1.30. The summed E-state index contributed by atoms with van der Waals surface area (Å²) in [4.78, 5) is 24.2. The van der Waals surface area contributed by atoms with Crippen molar-refractivity contribution in [1.29, 1.82) is 5.26 Å². The number of nitriles is 1. The molecule has 0 radical (unpaired) electrons. The van der Waals surface area contributed by atoms with E-state index in [4.69, 9.17) is 5.26 Å². The zero-order valence-electron chi connectivity index (χ0n) is 9.81. The van der Waals surface area contributed by atoms with Crippen LogP contribution in [0.4, 0.5) is 0 Å². The first kappa shape index (κ1) is 14.2. The molecule has 1 aromatic carbocycles. The van der Waals surface area contributed by atoms with Crippen molar-refractivity contribution in [2.45, 2.75) is 6.54 Å². The number of nitrogens with one attached hydrogen (secondary N) is 1. The first-order valence-corrected chi connectivity index (χ1v) is 5.98. The smallest absolute Gasteiger partial charge is 0.311 e. The van der Waals surface area contributed by atoms with Crippen LogP contribution < -0.4 is 5.32 Å². The Morgan fingerprint density at radius 3 is 2.56 bits per heavy atom. The van der Waals surface area contributed by atoms with Gasteiger partial charge in [-0.3, -0.25) is 9.59 Å². The number of amides is 2. The highest BCUT2D eigenvalue weighted by atomic mass is 79.9. The maximum Gasteiger partial charge on any atom is 0.311 e. The highest BCUT2D eigenvalue weighted by Gasteiger charge is 2.17. The van der Waals surface area contributed by atoms with E-state index >= 15 is 0 Å². The maximum absolute atomic E-state index is 11.6. The minimum atomic E-state index is -0.767. The minimum Gasteiger partial charge on any atom is -0.335 e. The van der Waals surface area contributed by atoms with Gasteiger partial charge in [-0.25, -0.2) is 0 Å². The summed E-state index contributed by atoms with van der Waals surface area (Å²) in [7, 11) is 1.54. The second-order valence-electron chi connectivity index (χ2n) is 3.63. The van der Waals surface area contributed by atoms with Crippen LogP contribution in [0, 0.1) is 11.3 Å². The average Bonchev–Trinajstić information content (AvgIpc) is 2.37. The fraction of sp³-hybridized carbons (Fsp3) is 0.250. The van der Waals surface area contributed by atoms with Crippen LogP contribution in [0.5, 0.6) is 0 Å². The molecule has 2 amide bonds. The number of hydrogen-bond acceptors (Lipinski definition) is 3. The van der Waals surface area contributed by atoms with Crippen molar-refractivity contribution in [3.63, 3.8) is 0 Å². The van der Waals surface area contributed by atoms with E-state index in [-0.39, 0.29) is 6.54 Å². The lowest BCUT2D eigenvalue weighted by Gasteiger charge is -2.16. The maximum atomic E-state index is 11.6. The van der Waals surface area contributed by atoms with Gasteiger partial charge >= 0.3 is 11.8 Å². The summed E-state index contributed by atoms with van der Waals surface area (Å²) in [5, 5.41) is 10.5. The Labute approximate surface area is 114 Å². The molecule has 94 valence electrons. The predicted octanol–water partition coefficient (Wildman–Crippen LogP) is 1.05. The number of carbonyl (C=O) groups excluding carboxylic acids is 2. The van der Waals surface area contributed by atoms with E-state index in [1.54, 1.807) is 6.07 Å². The predicted molar refractivity (Wildman–Crippen MR) is 69.2 cm³/mol. The first-order valence-electron chi connectivity index (χ1n) is 5.19. The van der Waals surface area contributed by atoms with Crippen molar-refractivity contribution in [2.24, 2.45) is 0 Å². The summed E-state index contributed by atoms with van der Waals surface area (Å²) < 4.78 is 0.951. The van der Waals surface area contributed by atoms with E-state index in [1.165, 1.54) is 11.9 Å². The van der Waals surface area contributed by atoms with Crippen molar-refractivity contribution in [2.75, 3.05) is 13.6 Å². The molecule has 0 aromatic heterocycles. The third-order valence-electron chi connectivity index (χ3n) is 2.20. The first-order chi connectivity index (χ1) is 8.54. The van der Waals surface area contributed by atoms with Crippen LogP contribution in [0.25, 0.3) is 0 Å². The molecular weight excluding hydrogens is 298 g/mol. The van der Waals surface area contributed by atoms with Crippen LogP contribution in [-0.4, -0.2) is 30.3 Å². The van der Waals surface area contributed by atoms with E-state index in [0.29, 0.717) is 6.54 Å². The lowest BCUT2D eigenvalue weighted by Crippen LogP contribution is -2.40. The van der Waals surface area contributed by atoms with Crippen LogP contribution in [-0.2, 0) is 16.1 Å². The van der Waals surface area contributed by atoms with Crippen molar-refractivity contribution < 1.29 is 9.59 Å². The topological polar surface area (TPSA) is 73.2 Å². The Bertz CT molecular complexity index is 479. The number of halogens is 1. The number of carbonyl (C=O) groups is 2. The van der Waals surface area contributed by atoms with E-state index in [0.717, 1.165) is 10.0 Å². The van der Waals surface area contributed by atoms with Crippen molar-refractivity contribution >= 4 is 27.7 Å². The summed E-state index contributed by atoms with van der Waals surface area (Å²) in [6, 6.07) is 9.19. The number of rotatable bonds is 3. The fourth-order valence-corrected chi connectivity index (χ4v) is 1.57. The van der Waals surface area contributed by atoms with Crippen LogP contribution in [0.1, 0.15) is 5.56 Å². The van der Waals surface area contributed by atoms with Gasteiger partial charge in [-0.2, -0.15) is 5.26 Å². The normalized spacial score (nSPS) is 9.39. The van der Waals surface area contributed by atoms with Gasteiger partial charge in [0.05, 0.1) is 6.07 Å². The molecule has 0 saturated heterocycles. The van der Waals surface area contributed by atoms with E-state index in [2.05, 4.69) is 21.2 Å². The molecule has 1 N–H and O–H groups in total. The Kier molecular flexibility index (Phi) is 5.33. The summed E-state index contributed by atoms with van der Waals surface area (Å²) in [5.41, 5.74) is 0.919. The largest absolute Gasteiger partial charge is 0.335 e. The summed E-state index contributed by atoms with van der Waals surface area (Å²) >= 11 is 3.32. The quantitative estimate of drug-likeness (QED) is 0.670. The molecule has 1 aromatic rings. The molecule has 0 unspecified atom stereocenters. The van der Waals surface area contributed by atoms with Gasteiger partial charge in [-0.1, -0.05) is 28.1 Å². The van der Waals surface area contributed by atoms with Gasteiger partial charge in [-0.05, 0) is 17.7 Å². The Morgan fingerprint density at radius 1 is 1.39 bits per heavy atom. The van der Waals surface area contributed by atoms with Crippen molar-refractivity contribution in [3.8, 4) is 6.07 Å². The monoisotopic (exact) mass is 309 g/mol. The summed E-state index contributed by atoms with van der Waals surface area (Å²) in [6.45, 7) is 0.169. The molecule has 0 heterocycles. The van der Waals surface area contributed by atoms with E-state index < -0.39 is 11.8 Å². The number of nitrogens with zero attached hydrogens (tertiary/aromatic N) is 2. The third kappa shape index (κ3) is 4.18. The van der Waals surface area contributed by atoms with Crippen LogP contribution in [0.3, 0.4) is 0 Å². The number of hydrogen-bond donors (Lipinski definition) is 1. The zero-order chi connectivity index (χ0) is 13.5. The SMILES string of the molecule is CN(Cc1ccc(Br)cc1)C(=O)C(=O)NCC#N. The van der Waals surface area contributed by atoms with Gasteiger partial charge < -0.3 is 10.2 Å². The molecular formula is C12H12BrN3O2. The lowest BCUT2D eigenvalue weighted by molar-refractivity contribution is -0.145. The summed E-state index contributed by atoms with van der Waals surface area (Å²) in [6.07, 6.45) is 0. The van der Waals surface area contributed by atoms with Crippen molar-refractivity contribution in [1.82, 2.24) is 10.2 Å². The van der Waals surface area contributed by atoms with Crippen LogP contribution in [0.15, 0.2) is 28.7 Å². The molecule has 0 aliphatic heterocycles. The molecule has 0 aliphatic carbocycles. The molecule has 0 aliphatic rings. The number of likely N-dealkylation sites (N-methyl/N-ethyl adjacent to an activating group) is 1. The van der Waals surface area contributed by atoms with Gasteiger partial charge in [0.1, 0.15) is 6.54 Å². The third-order valence-corrected chi connectivity index (χ3v) is 2.73. The van der Waals surface area contributed by atoms with Gasteiger partial charge in [0, 0.05) is 18.1 Å². The standard InChI is InChI=1S/C12H12BrN3O2/c1-16(12(18)11(17)15-7-6-14)8-9-2-4-10(13)5-3-9/h2-5H,7-8H2,1H3,(H,15,17). The van der Waals surface area contributed by atoms with E-state index in [9.17, 15) is 9.59 Å². The Hall–Kier alpha value is -1.87. The Balaban J connectivity index is 2.57.